The van der Waals surface area contributed by atoms with Crippen LogP contribution in [0.5, 0.6) is 0 Å². The molecule has 22 heavy (non-hydrogen) atoms. The van der Waals surface area contributed by atoms with E-state index < -0.39 is 0 Å². The minimum atomic E-state index is -0.111. The minimum absolute atomic E-state index is 0.0558. The molecule has 0 aliphatic rings. The van der Waals surface area contributed by atoms with Crippen LogP contribution in [0, 0.1) is 13.8 Å². The topological polar surface area (TPSA) is 75.9 Å². The van der Waals surface area contributed by atoms with Crippen molar-refractivity contribution in [1.82, 2.24) is 30.0 Å². The van der Waals surface area contributed by atoms with E-state index in [-0.39, 0.29) is 12.1 Å². The number of urea groups is 1. The van der Waals surface area contributed by atoms with E-state index in [1.165, 1.54) is 6.33 Å². The third-order valence-corrected chi connectivity index (χ3v) is 4.57. The van der Waals surface area contributed by atoms with Crippen LogP contribution < -0.4 is 5.32 Å². The Labute approximate surface area is 134 Å². The number of nitrogens with one attached hydrogen (secondary N) is 1. The third kappa shape index (κ3) is 3.62. The lowest BCUT2D eigenvalue weighted by molar-refractivity contribution is 0.193. The predicted octanol–water partition coefficient (Wildman–Crippen LogP) is 1.83. The summed E-state index contributed by atoms with van der Waals surface area (Å²) in [6, 6.07) is -0.167. The molecule has 0 radical (unpaired) electrons. The highest BCUT2D eigenvalue weighted by atomic mass is 32.1. The van der Waals surface area contributed by atoms with E-state index in [0.717, 1.165) is 21.4 Å². The van der Waals surface area contributed by atoms with Crippen molar-refractivity contribution >= 4 is 17.4 Å². The van der Waals surface area contributed by atoms with E-state index in [4.69, 9.17) is 0 Å². The second kappa shape index (κ2) is 6.87. The van der Waals surface area contributed by atoms with Crippen molar-refractivity contribution in [3.05, 3.63) is 27.7 Å². The lowest BCUT2D eigenvalue weighted by Crippen LogP contribution is -2.40. The molecule has 2 aromatic heterocycles. The van der Waals surface area contributed by atoms with Crippen molar-refractivity contribution in [3.8, 4) is 0 Å². The van der Waals surface area contributed by atoms with Gasteiger partial charge in [-0.3, -0.25) is 4.68 Å². The molecule has 0 aromatic carbocycles. The molecule has 2 aromatic rings. The van der Waals surface area contributed by atoms with Crippen molar-refractivity contribution in [2.75, 3.05) is 13.6 Å². The zero-order valence-electron chi connectivity index (χ0n) is 13.6. The van der Waals surface area contributed by atoms with E-state index >= 15 is 0 Å². The van der Waals surface area contributed by atoms with Gasteiger partial charge in [-0.2, -0.15) is 5.10 Å². The fourth-order valence-corrected chi connectivity index (χ4v) is 3.15. The molecule has 0 fully saturated rings. The summed E-state index contributed by atoms with van der Waals surface area (Å²) in [6.07, 6.45) is 2.16. The first-order valence-electron chi connectivity index (χ1n) is 7.17. The molecule has 0 saturated carbocycles. The Kier molecular flexibility index (Phi) is 5.12. The number of aromatic nitrogens is 4. The average Bonchev–Trinajstić information content (AvgIpc) is 3.02. The highest BCUT2D eigenvalue weighted by Crippen LogP contribution is 2.25. The molecule has 7 nitrogen and oxygen atoms in total. The Morgan fingerprint density at radius 3 is 2.77 bits per heavy atom. The van der Waals surface area contributed by atoms with E-state index in [2.05, 4.69) is 20.4 Å². The van der Waals surface area contributed by atoms with Gasteiger partial charge in [0.25, 0.3) is 0 Å². The molecule has 1 atom stereocenters. The molecule has 0 saturated heterocycles. The maximum absolute atomic E-state index is 12.2. The van der Waals surface area contributed by atoms with Gasteiger partial charge in [0.2, 0.25) is 0 Å². The number of amides is 2. The number of rotatable bonds is 5. The van der Waals surface area contributed by atoms with Gasteiger partial charge in [-0.25, -0.2) is 14.8 Å². The summed E-state index contributed by atoms with van der Waals surface area (Å²) in [5.74, 6) is 0.849. The summed E-state index contributed by atoms with van der Waals surface area (Å²) < 4.78 is 1.71. The van der Waals surface area contributed by atoms with Crippen LogP contribution in [0.15, 0.2) is 6.33 Å². The number of carbonyl (C=O) groups excluding carboxylic acids is 1. The Morgan fingerprint density at radius 2 is 2.23 bits per heavy atom. The maximum atomic E-state index is 12.2. The quantitative estimate of drug-likeness (QED) is 0.911. The highest BCUT2D eigenvalue weighted by molar-refractivity contribution is 7.11. The summed E-state index contributed by atoms with van der Waals surface area (Å²) >= 11 is 1.66. The average molecular weight is 322 g/mol. The van der Waals surface area contributed by atoms with Gasteiger partial charge in [0.15, 0.2) is 0 Å². The second-order valence-electron chi connectivity index (χ2n) is 5.24. The molecule has 2 heterocycles. The van der Waals surface area contributed by atoms with Crippen LogP contribution in [0.25, 0.3) is 0 Å². The highest BCUT2D eigenvalue weighted by Gasteiger charge is 2.21. The number of hydrogen-bond acceptors (Lipinski definition) is 5. The lowest BCUT2D eigenvalue weighted by Gasteiger charge is -2.24. The monoisotopic (exact) mass is 322 g/mol. The summed E-state index contributed by atoms with van der Waals surface area (Å²) in [7, 11) is 3.63. The van der Waals surface area contributed by atoms with Gasteiger partial charge in [0.05, 0.1) is 16.7 Å². The minimum Gasteiger partial charge on any atom is -0.338 e. The van der Waals surface area contributed by atoms with Crippen LogP contribution >= 0.6 is 11.3 Å². The fraction of sp³-hybridized carbons (Fsp3) is 0.571. The van der Waals surface area contributed by atoms with Gasteiger partial charge in [0.1, 0.15) is 12.2 Å². The maximum Gasteiger partial charge on any atom is 0.317 e. The van der Waals surface area contributed by atoms with Gasteiger partial charge in [-0.15, -0.1) is 11.3 Å². The first kappa shape index (κ1) is 16.4. The first-order valence-corrected chi connectivity index (χ1v) is 7.99. The molecule has 8 heteroatoms. The molecule has 0 aliphatic carbocycles. The zero-order chi connectivity index (χ0) is 16.3. The van der Waals surface area contributed by atoms with Crippen LogP contribution in [-0.2, 0) is 13.5 Å². The Hall–Kier alpha value is -1.96. The van der Waals surface area contributed by atoms with Crippen LogP contribution in [0.2, 0.25) is 0 Å². The molecule has 0 aliphatic heterocycles. The van der Waals surface area contributed by atoms with Gasteiger partial charge in [0, 0.05) is 31.9 Å². The number of nitrogens with zero attached hydrogens (tertiary/aromatic N) is 5. The van der Waals surface area contributed by atoms with Crippen LogP contribution in [0.3, 0.4) is 0 Å². The Morgan fingerprint density at radius 1 is 1.50 bits per heavy atom. The van der Waals surface area contributed by atoms with Crippen molar-refractivity contribution in [2.45, 2.75) is 33.2 Å². The van der Waals surface area contributed by atoms with Gasteiger partial charge < -0.3 is 10.2 Å². The van der Waals surface area contributed by atoms with E-state index in [1.54, 1.807) is 28.0 Å². The largest absolute Gasteiger partial charge is 0.338 e. The van der Waals surface area contributed by atoms with Gasteiger partial charge >= 0.3 is 6.03 Å². The third-order valence-electron chi connectivity index (χ3n) is 3.67. The van der Waals surface area contributed by atoms with Crippen LogP contribution in [0.4, 0.5) is 4.79 Å². The SMILES string of the molecule is Cc1nc(C(C)N(C)C(=O)NCCc2ncnn2C)c(C)s1. The molecule has 1 unspecified atom stereocenters. The predicted molar refractivity (Wildman–Crippen MR) is 85.9 cm³/mol. The van der Waals surface area contributed by atoms with Crippen molar-refractivity contribution < 1.29 is 4.79 Å². The van der Waals surface area contributed by atoms with Crippen molar-refractivity contribution in [2.24, 2.45) is 7.05 Å². The fourth-order valence-electron chi connectivity index (χ4n) is 2.24. The number of carbonyl (C=O) groups is 1. The van der Waals surface area contributed by atoms with E-state index in [1.807, 2.05) is 27.8 Å². The van der Waals surface area contributed by atoms with Crippen LogP contribution in [0.1, 0.15) is 34.4 Å². The summed E-state index contributed by atoms with van der Waals surface area (Å²) in [6.45, 7) is 6.53. The molecule has 1 N–H and O–H groups in total. The number of thiazole rings is 1. The summed E-state index contributed by atoms with van der Waals surface area (Å²) in [4.78, 5) is 23.7. The standard InChI is InChI=1S/C14H22N6OS/c1-9(13-10(2)22-11(3)18-13)19(4)14(21)15-7-6-12-16-8-17-20(12)5/h8-9H,6-7H2,1-5H3,(H,15,21). The Balaban J connectivity index is 1.89. The van der Waals surface area contributed by atoms with Crippen molar-refractivity contribution in [1.29, 1.82) is 0 Å². The molecule has 0 spiro atoms. The lowest BCUT2D eigenvalue weighted by atomic mass is 10.2. The second-order valence-corrected chi connectivity index (χ2v) is 6.65. The molecular weight excluding hydrogens is 300 g/mol. The van der Waals surface area contributed by atoms with E-state index in [0.29, 0.717) is 13.0 Å². The molecule has 2 rings (SSSR count). The molecular formula is C14H22N6OS. The molecule has 120 valence electrons. The van der Waals surface area contributed by atoms with Gasteiger partial charge in [-0.1, -0.05) is 0 Å². The van der Waals surface area contributed by atoms with Crippen molar-refractivity contribution in [3.63, 3.8) is 0 Å². The number of hydrogen-bond donors (Lipinski definition) is 1. The normalized spacial score (nSPS) is 12.2. The smallest absolute Gasteiger partial charge is 0.317 e. The summed E-state index contributed by atoms with van der Waals surface area (Å²) in [5, 5.41) is 7.93. The molecule has 0 bridgehead atoms. The molecule has 2 amide bonds. The van der Waals surface area contributed by atoms with Crippen LogP contribution in [-0.4, -0.2) is 44.3 Å². The summed E-state index contributed by atoms with van der Waals surface area (Å²) in [5.41, 5.74) is 0.966. The Bertz CT molecular complexity index is 650. The number of aryl methyl sites for hydroxylation is 3. The van der Waals surface area contributed by atoms with E-state index in [9.17, 15) is 4.79 Å². The van der Waals surface area contributed by atoms with Gasteiger partial charge in [-0.05, 0) is 20.8 Å². The zero-order valence-corrected chi connectivity index (χ0v) is 14.4. The first-order chi connectivity index (χ1) is 10.4.